The number of anilines is 1. The molecule has 2 aliphatic rings. The van der Waals surface area contributed by atoms with Gasteiger partial charge < -0.3 is 5.32 Å². The number of hydrogen-bond acceptors (Lipinski definition) is 1. The Bertz CT molecular complexity index is 415. The molecule has 0 spiro atoms. The first kappa shape index (κ1) is 11.1. The molecule has 1 N–H and O–H groups in total. The number of rotatable bonds is 3. The Morgan fingerprint density at radius 2 is 2.18 bits per heavy atom. The molecule has 1 nitrogen and oxygen atoms in total. The van der Waals surface area contributed by atoms with Gasteiger partial charge in [-0.2, -0.15) is 0 Å². The van der Waals surface area contributed by atoms with Crippen molar-refractivity contribution in [2.24, 2.45) is 17.8 Å². The van der Waals surface area contributed by atoms with Crippen LogP contribution in [0.25, 0.3) is 0 Å². The summed E-state index contributed by atoms with van der Waals surface area (Å²) in [7, 11) is 0. The number of fused-ring (bicyclic) bond motifs is 2. The van der Waals surface area contributed by atoms with E-state index in [2.05, 4.69) is 5.32 Å². The predicted octanol–water partition coefficient (Wildman–Crippen LogP) is 3.98. The van der Waals surface area contributed by atoms with Gasteiger partial charge in [0.2, 0.25) is 0 Å². The fraction of sp³-hybridized carbons (Fsp3) is 0.600. The van der Waals surface area contributed by atoms with Crippen LogP contribution in [0.4, 0.5) is 10.1 Å². The van der Waals surface area contributed by atoms with Crippen molar-refractivity contribution in [1.82, 2.24) is 0 Å². The molecule has 3 atom stereocenters. The average Bonchev–Trinajstić information content (AvgIpc) is 2.92. The maximum absolute atomic E-state index is 13.4. The van der Waals surface area contributed by atoms with Crippen molar-refractivity contribution in [1.29, 1.82) is 0 Å². The number of nitrogens with one attached hydrogen (secondary N) is 1. The molecule has 2 saturated carbocycles. The Morgan fingerprint density at radius 1 is 1.29 bits per heavy atom. The molecule has 1 aromatic carbocycles. The van der Waals surface area contributed by atoms with E-state index in [1.165, 1.54) is 25.7 Å². The Morgan fingerprint density at radius 3 is 2.82 bits per heavy atom. The minimum atomic E-state index is -0.108. The van der Waals surface area contributed by atoms with Crippen LogP contribution in [0.5, 0.6) is 0 Å². The van der Waals surface area contributed by atoms with Gasteiger partial charge in [0.1, 0.15) is 5.82 Å². The second kappa shape index (κ2) is 4.32. The number of aryl methyl sites for hydroxylation is 1. The first-order valence-electron chi connectivity index (χ1n) is 6.72. The molecule has 2 heteroatoms. The summed E-state index contributed by atoms with van der Waals surface area (Å²) >= 11 is 0. The molecule has 0 amide bonds. The Hall–Kier alpha value is -1.05. The quantitative estimate of drug-likeness (QED) is 0.832. The van der Waals surface area contributed by atoms with Crippen LogP contribution in [-0.4, -0.2) is 6.54 Å². The van der Waals surface area contributed by atoms with E-state index in [4.69, 9.17) is 0 Å². The lowest BCUT2D eigenvalue weighted by molar-refractivity contribution is 0.348. The smallest absolute Gasteiger partial charge is 0.128 e. The zero-order valence-electron chi connectivity index (χ0n) is 10.4. The van der Waals surface area contributed by atoms with E-state index in [1.54, 1.807) is 13.0 Å². The van der Waals surface area contributed by atoms with E-state index in [9.17, 15) is 4.39 Å². The highest BCUT2D eigenvalue weighted by molar-refractivity contribution is 5.45. The van der Waals surface area contributed by atoms with E-state index in [0.29, 0.717) is 0 Å². The molecule has 3 unspecified atom stereocenters. The van der Waals surface area contributed by atoms with Gasteiger partial charge in [0.05, 0.1) is 0 Å². The molecule has 0 aromatic heterocycles. The lowest BCUT2D eigenvalue weighted by Gasteiger charge is -2.22. The van der Waals surface area contributed by atoms with E-state index >= 15 is 0 Å². The average molecular weight is 233 g/mol. The number of halogens is 1. The highest BCUT2D eigenvalue weighted by atomic mass is 19.1. The van der Waals surface area contributed by atoms with Gasteiger partial charge in [-0.15, -0.1) is 0 Å². The van der Waals surface area contributed by atoms with Gasteiger partial charge in [0, 0.05) is 12.2 Å². The molecule has 1 aromatic rings. The Kier molecular flexibility index (Phi) is 2.81. The number of hydrogen-bond donors (Lipinski definition) is 1. The van der Waals surface area contributed by atoms with Gasteiger partial charge in [-0.1, -0.05) is 12.5 Å². The maximum atomic E-state index is 13.4. The first-order valence-corrected chi connectivity index (χ1v) is 6.72. The molecule has 17 heavy (non-hydrogen) atoms. The van der Waals surface area contributed by atoms with Gasteiger partial charge in [0.25, 0.3) is 0 Å². The van der Waals surface area contributed by atoms with Crippen molar-refractivity contribution in [3.63, 3.8) is 0 Å². The van der Waals surface area contributed by atoms with Gasteiger partial charge in [-0.05, 0) is 61.6 Å². The second-order valence-corrected chi connectivity index (χ2v) is 5.78. The molecular weight excluding hydrogens is 213 g/mol. The van der Waals surface area contributed by atoms with Crippen LogP contribution in [-0.2, 0) is 0 Å². The van der Waals surface area contributed by atoms with Crippen LogP contribution >= 0.6 is 0 Å². The summed E-state index contributed by atoms with van der Waals surface area (Å²) in [5.41, 5.74) is 1.64. The van der Waals surface area contributed by atoms with E-state index < -0.39 is 0 Å². The van der Waals surface area contributed by atoms with Crippen LogP contribution in [0, 0.1) is 30.5 Å². The number of benzene rings is 1. The fourth-order valence-electron chi connectivity index (χ4n) is 3.58. The fourth-order valence-corrected chi connectivity index (χ4v) is 3.58. The van der Waals surface area contributed by atoms with E-state index in [0.717, 1.165) is 35.5 Å². The first-order chi connectivity index (χ1) is 8.22. The summed E-state index contributed by atoms with van der Waals surface area (Å²) in [6, 6.07) is 5.44. The molecule has 3 rings (SSSR count). The predicted molar refractivity (Wildman–Crippen MR) is 68.6 cm³/mol. The molecule has 92 valence electrons. The van der Waals surface area contributed by atoms with Crippen molar-refractivity contribution in [3.8, 4) is 0 Å². The molecule has 0 heterocycles. The zero-order chi connectivity index (χ0) is 11.8. The van der Waals surface area contributed by atoms with Crippen molar-refractivity contribution in [2.45, 2.75) is 32.6 Å². The minimum Gasteiger partial charge on any atom is -0.385 e. The summed E-state index contributed by atoms with van der Waals surface area (Å²) in [6.45, 7) is 2.82. The van der Waals surface area contributed by atoms with Crippen molar-refractivity contribution < 1.29 is 4.39 Å². The summed E-state index contributed by atoms with van der Waals surface area (Å²) in [6.07, 6.45) is 5.68. The highest BCUT2D eigenvalue weighted by Crippen LogP contribution is 2.48. The highest BCUT2D eigenvalue weighted by Gasteiger charge is 2.38. The molecule has 2 fully saturated rings. The topological polar surface area (TPSA) is 12.0 Å². The van der Waals surface area contributed by atoms with Crippen molar-refractivity contribution in [3.05, 3.63) is 29.6 Å². The summed E-state index contributed by atoms with van der Waals surface area (Å²) < 4.78 is 13.4. The summed E-state index contributed by atoms with van der Waals surface area (Å²) in [5.74, 6) is 2.63. The minimum absolute atomic E-state index is 0.108. The summed E-state index contributed by atoms with van der Waals surface area (Å²) in [4.78, 5) is 0. The third-order valence-corrected chi connectivity index (χ3v) is 4.62. The van der Waals surface area contributed by atoms with E-state index in [-0.39, 0.29) is 5.82 Å². The van der Waals surface area contributed by atoms with Crippen LogP contribution < -0.4 is 5.32 Å². The molecule has 2 aliphatic carbocycles. The lowest BCUT2D eigenvalue weighted by Crippen LogP contribution is -2.20. The third kappa shape index (κ3) is 2.18. The molecule has 0 aliphatic heterocycles. The van der Waals surface area contributed by atoms with Crippen LogP contribution in [0.15, 0.2) is 18.2 Å². The summed E-state index contributed by atoms with van der Waals surface area (Å²) in [5, 5.41) is 3.40. The van der Waals surface area contributed by atoms with Gasteiger partial charge >= 0.3 is 0 Å². The molecule has 2 bridgehead atoms. The van der Waals surface area contributed by atoms with Gasteiger partial charge in [-0.25, -0.2) is 4.39 Å². The molecule has 0 radical (unpaired) electrons. The monoisotopic (exact) mass is 233 g/mol. The van der Waals surface area contributed by atoms with Gasteiger partial charge in [0.15, 0.2) is 0 Å². The maximum Gasteiger partial charge on any atom is 0.128 e. The SMILES string of the molecule is Cc1ccc(NCC2CC3CCC2C3)cc1F. The normalized spacial score (nSPS) is 30.8. The van der Waals surface area contributed by atoms with Crippen molar-refractivity contribution in [2.75, 3.05) is 11.9 Å². The van der Waals surface area contributed by atoms with Crippen LogP contribution in [0.3, 0.4) is 0 Å². The largest absolute Gasteiger partial charge is 0.385 e. The van der Waals surface area contributed by atoms with Gasteiger partial charge in [-0.3, -0.25) is 0 Å². The standard InChI is InChI=1S/C15H20FN/c1-10-2-5-14(8-15(10)16)17-9-13-7-11-3-4-12(13)6-11/h2,5,8,11-13,17H,3-4,6-7,9H2,1H3. The third-order valence-electron chi connectivity index (χ3n) is 4.62. The van der Waals surface area contributed by atoms with Crippen LogP contribution in [0.1, 0.15) is 31.2 Å². The Labute approximate surface area is 102 Å². The van der Waals surface area contributed by atoms with E-state index in [1.807, 2.05) is 12.1 Å². The molecular formula is C15H20FN. The zero-order valence-corrected chi connectivity index (χ0v) is 10.4. The molecule has 0 saturated heterocycles. The lowest BCUT2D eigenvalue weighted by atomic mass is 9.89. The Balaban J connectivity index is 1.59. The van der Waals surface area contributed by atoms with Crippen LogP contribution in [0.2, 0.25) is 0 Å². The van der Waals surface area contributed by atoms with Crippen molar-refractivity contribution >= 4 is 5.69 Å². The second-order valence-electron chi connectivity index (χ2n) is 5.78.